The number of anilines is 1. The van der Waals surface area contributed by atoms with Crippen LogP contribution in [0.5, 0.6) is 0 Å². The fourth-order valence-corrected chi connectivity index (χ4v) is 2.15. The summed E-state index contributed by atoms with van der Waals surface area (Å²) in [4.78, 5) is 8.85. The van der Waals surface area contributed by atoms with E-state index in [0.29, 0.717) is 11.6 Å². The Morgan fingerprint density at radius 3 is 2.83 bits per heavy atom. The van der Waals surface area contributed by atoms with Crippen LogP contribution in [0.1, 0.15) is 12.0 Å². The van der Waals surface area contributed by atoms with Crippen molar-refractivity contribution in [2.45, 2.75) is 12.5 Å². The number of amidine groups is 1. The molecule has 0 spiro atoms. The SMILES string of the molecule is CN(C)C1CCN(c2ccc(C(N)=NO)cn2)C1. The van der Waals surface area contributed by atoms with Crippen molar-refractivity contribution in [3.05, 3.63) is 23.9 Å². The van der Waals surface area contributed by atoms with Gasteiger partial charge in [-0.15, -0.1) is 0 Å². The summed E-state index contributed by atoms with van der Waals surface area (Å²) in [6, 6.07) is 4.31. The highest BCUT2D eigenvalue weighted by atomic mass is 16.4. The van der Waals surface area contributed by atoms with Crippen LogP contribution in [-0.2, 0) is 0 Å². The van der Waals surface area contributed by atoms with Crippen LogP contribution in [-0.4, -0.2) is 54.2 Å². The molecular weight excluding hydrogens is 230 g/mol. The molecule has 1 saturated heterocycles. The number of hydrogen-bond donors (Lipinski definition) is 2. The third-order valence-electron chi connectivity index (χ3n) is 3.37. The molecule has 1 fully saturated rings. The normalized spacial score (nSPS) is 20.7. The molecule has 1 aliphatic heterocycles. The van der Waals surface area contributed by atoms with Gasteiger partial charge in [-0.2, -0.15) is 0 Å². The van der Waals surface area contributed by atoms with Crippen LogP contribution in [0.2, 0.25) is 0 Å². The van der Waals surface area contributed by atoms with E-state index in [2.05, 4.69) is 34.0 Å². The second-order valence-corrected chi connectivity index (χ2v) is 4.74. The molecule has 3 N–H and O–H groups in total. The van der Waals surface area contributed by atoms with Crippen LogP contribution in [0.4, 0.5) is 5.82 Å². The first kappa shape index (κ1) is 12.6. The molecule has 0 radical (unpaired) electrons. The second-order valence-electron chi connectivity index (χ2n) is 4.74. The molecule has 0 bridgehead atoms. The molecule has 6 nitrogen and oxygen atoms in total. The van der Waals surface area contributed by atoms with Crippen molar-refractivity contribution in [3.63, 3.8) is 0 Å². The van der Waals surface area contributed by atoms with Crippen LogP contribution in [0.3, 0.4) is 0 Å². The summed E-state index contributed by atoms with van der Waals surface area (Å²) in [5.41, 5.74) is 6.13. The van der Waals surface area contributed by atoms with Crippen molar-refractivity contribution in [3.8, 4) is 0 Å². The smallest absolute Gasteiger partial charge is 0.171 e. The van der Waals surface area contributed by atoms with Crippen molar-refractivity contribution in [2.24, 2.45) is 10.9 Å². The van der Waals surface area contributed by atoms with E-state index in [9.17, 15) is 0 Å². The molecule has 2 heterocycles. The zero-order valence-electron chi connectivity index (χ0n) is 10.7. The molecule has 0 saturated carbocycles. The lowest BCUT2D eigenvalue weighted by molar-refractivity contribution is 0.315. The molecule has 1 aliphatic rings. The van der Waals surface area contributed by atoms with Gasteiger partial charge in [-0.05, 0) is 32.6 Å². The van der Waals surface area contributed by atoms with Crippen LogP contribution in [0.15, 0.2) is 23.5 Å². The molecule has 0 amide bonds. The third kappa shape index (κ3) is 2.53. The molecule has 6 heteroatoms. The number of nitrogens with two attached hydrogens (primary N) is 1. The molecule has 2 rings (SSSR count). The number of rotatable bonds is 3. The van der Waals surface area contributed by atoms with E-state index in [1.807, 2.05) is 12.1 Å². The van der Waals surface area contributed by atoms with E-state index in [1.165, 1.54) is 0 Å². The number of nitrogens with zero attached hydrogens (tertiary/aromatic N) is 4. The van der Waals surface area contributed by atoms with Gasteiger partial charge in [-0.3, -0.25) is 0 Å². The van der Waals surface area contributed by atoms with E-state index in [4.69, 9.17) is 10.9 Å². The van der Waals surface area contributed by atoms with Crippen LogP contribution in [0, 0.1) is 0 Å². The van der Waals surface area contributed by atoms with Gasteiger partial charge in [0, 0.05) is 30.9 Å². The number of pyridine rings is 1. The summed E-state index contributed by atoms with van der Waals surface area (Å²) in [7, 11) is 4.20. The summed E-state index contributed by atoms with van der Waals surface area (Å²) in [5, 5.41) is 11.5. The van der Waals surface area contributed by atoms with Gasteiger partial charge in [-0.1, -0.05) is 5.16 Å². The highest BCUT2D eigenvalue weighted by molar-refractivity contribution is 5.96. The van der Waals surface area contributed by atoms with Crippen LogP contribution in [0.25, 0.3) is 0 Å². The summed E-state index contributed by atoms with van der Waals surface area (Å²) in [5.74, 6) is 1.02. The topological polar surface area (TPSA) is 78.0 Å². The Hall–Kier alpha value is -1.82. The highest BCUT2D eigenvalue weighted by Gasteiger charge is 2.24. The van der Waals surface area contributed by atoms with Gasteiger partial charge in [0.25, 0.3) is 0 Å². The van der Waals surface area contributed by atoms with Crippen LogP contribution < -0.4 is 10.6 Å². The fraction of sp³-hybridized carbons (Fsp3) is 0.500. The standard InChI is InChI=1S/C12H19N5O/c1-16(2)10-5-6-17(8-10)11-4-3-9(7-14-11)12(13)15-18/h3-4,7,10,18H,5-6,8H2,1-2H3,(H2,13,15). The first-order chi connectivity index (χ1) is 8.61. The van der Waals surface area contributed by atoms with E-state index >= 15 is 0 Å². The average molecular weight is 249 g/mol. The molecule has 0 aliphatic carbocycles. The van der Waals surface area contributed by atoms with Crippen molar-refractivity contribution < 1.29 is 5.21 Å². The largest absolute Gasteiger partial charge is 0.409 e. The van der Waals surface area contributed by atoms with Crippen molar-refractivity contribution in [1.82, 2.24) is 9.88 Å². The van der Waals surface area contributed by atoms with Gasteiger partial charge in [0.1, 0.15) is 5.82 Å². The van der Waals surface area contributed by atoms with Crippen LogP contribution >= 0.6 is 0 Å². The second kappa shape index (κ2) is 5.22. The minimum absolute atomic E-state index is 0.0849. The lowest BCUT2D eigenvalue weighted by atomic mass is 10.2. The van der Waals surface area contributed by atoms with Gasteiger partial charge in [0.15, 0.2) is 5.84 Å². The number of likely N-dealkylation sites (N-methyl/N-ethyl adjacent to an activating group) is 1. The van der Waals surface area contributed by atoms with Gasteiger partial charge in [0.05, 0.1) is 0 Å². The number of aromatic nitrogens is 1. The molecule has 1 unspecified atom stereocenters. The Bertz CT molecular complexity index is 429. The first-order valence-corrected chi connectivity index (χ1v) is 5.97. The Kier molecular flexibility index (Phi) is 3.66. The zero-order valence-corrected chi connectivity index (χ0v) is 10.7. The summed E-state index contributed by atoms with van der Waals surface area (Å²) < 4.78 is 0. The predicted octanol–water partition coefficient (Wildman–Crippen LogP) is 0.316. The monoisotopic (exact) mass is 249 g/mol. The lowest BCUT2D eigenvalue weighted by Gasteiger charge is -2.21. The molecule has 1 aromatic rings. The minimum atomic E-state index is 0.0849. The Balaban J connectivity index is 2.07. The fourth-order valence-electron chi connectivity index (χ4n) is 2.15. The summed E-state index contributed by atoms with van der Waals surface area (Å²) in [6.45, 7) is 2.00. The summed E-state index contributed by atoms with van der Waals surface area (Å²) in [6.07, 6.45) is 2.78. The first-order valence-electron chi connectivity index (χ1n) is 5.97. The Labute approximate surface area is 107 Å². The predicted molar refractivity (Wildman–Crippen MR) is 71.1 cm³/mol. The van der Waals surface area contributed by atoms with Crippen molar-refractivity contribution >= 4 is 11.7 Å². The third-order valence-corrected chi connectivity index (χ3v) is 3.37. The molecule has 1 atom stereocenters. The number of oxime groups is 1. The lowest BCUT2D eigenvalue weighted by Crippen LogP contribution is -2.31. The van der Waals surface area contributed by atoms with E-state index in [-0.39, 0.29) is 5.84 Å². The van der Waals surface area contributed by atoms with E-state index in [1.54, 1.807) is 6.20 Å². The maximum Gasteiger partial charge on any atom is 0.171 e. The maximum atomic E-state index is 8.58. The molecule has 18 heavy (non-hydrogen) atoms. The molecule has 1 aromatic heterocycles. The molecule has 98 valence electrons. The van der Waals surface area contributed by atoms with Gasteiger partial charge in [0.2, 0.25) is 0 Å². The van der Waals surface area contributed by atoms with Crippen molar-refractivity contribution in [2.75, 3.05) is 32.1 Å². The Morgan fingerprint density at radius 2 is 2.33 bits per heavy atom. The minimum Gasteiger partial charge on any atom is -0.409 e. The zero-order chi connectivity index (χ0) is 13.1. The Morgan fingerprint density at radius 1 is 1.56 bits per heavy atom. The van der Waals surface area contributed by atoms with Gasteiger partial charge < -0.3 is 20.7 Å². The average Bonchev–Trinajstić information content (AvgIpc) is 2.88. The quantitative estimate of drug-likeness (QED) is 0.349. The highest BCUT2D eigenvalue weighted by Crippen LogP contribution is 2.20. The van der Waals surface area contributed by atoms with E-state index < -0.39 is 0 Å². The number of hydrogen-bond acceptors (Lipinski definition) is 5. The van der Waals surface area contributed by atoms with E-state index in [0.717, 1.165) is 25.3 Å². The summed E-state index contributed by atoms with van der Waals surface area (Å²) >= 11 is 0. The van der Waals surface area contributed by atoms with Crippen molar-refractivity contribution in [1.29, 1.82) is 0 Å². The molecular formula is C12H19N5O. The molecule has 0 aromatic carbocycles. The van der Waals surface area contributed by atoms with Gasteiger partial charge >= 0.3 is 0 Å². The van der Waals surface area contributed by atoms with Gasteiger partial charge in [-0.25, -0.2) is 4.98 Å². The maximum absolute atomic E-state index is 8.58.